The van der Waals surface area contributed by atoms with Crippen LogP contribution in [0.1, 0.15) is 64.7 Å². The molecule has 141 heavy (non-hydrogen) atoms. The first-order chi connectivity index (χ1) is 67.5. The van der Waals surface area contributed by atoms with Crippen LogP contribution >= 0.6 is 35.3 Å². The molecular formula is C95H106N16O24S6. The number of carboxylic acid groups (broad SMARTS) is 3. The lowest BCUT2D eigenvalue weighted by Crippen LogP contribution is -2.56. The van der Waals surface area contributed by atoms with Gasteiger partial charge in [0.1, 0.15) is 45.0 Å². The van der Waals surface area contributed by atoms with Gasteiger partial charge >= 0.3 is 35.0 Å². The second kappa shape index (κ2) is 44.7. The summed E-state index contributed by atoms with van der Waals surface area (Å²) in [5, 5.41) is 36.4. The maximum atomic E-state index is 14.4. The molecule has 8 aromatic heterocycles. The first-order valence-corrected chi connectivity index (χ1v) is 52.3. The highest BCUT2D eigenvalue weighted by molar-refractivity contribution is 8.02. The van der Waals surface area contributed by atoms with E-state index in [4.69, 9.17) is 28.4 Å². The predicted molar refractivity (Wildman–Crippen MR) is 524 cm³/mol. The van der Waals surface area contributed by atoms with E-state index in [1.165, 1.54) is 132 Å². The Morgan fingerprint density at radius 3 is 1.13 bits per heavy atom. The standard InChI is InChI=1S/C95H106N16O24S6/c1-93(2)80(106(59-136-93)139(124,125)70-14-9-33-96-54-70)79(112)53-65(87(115)116)50-62-21-27-66(28-22-62)109-76-18-8-7-17-75(76)103(90(109)121)38-41-130-44-46-133-57-69(135-49-48-132-43-40-105-78-20-13-37-100-84(78)111(92(105)123)68-31-25-64(26-32-68)52-74(89(119)120)102-86(114)82-95(5,6)138-61-108(82)141(128,129)72-16-11-35-98-56-72)58-134-47-45-131-42-39-104-77-19-12-36-99-83(77)110(91(104)122)67-29-23-63(24-30-67)51-73(88(117)118)101-85(113)81-94(3,4)137-60-107(81)140(126,127)71-15-10-34-97-55-71/h7-37,54-56,65,69,73-74,80-82H,38-53,57-61H2,1-6H3,(H,101,113)(H,102,114)(H,115,116)(H,117,118)(H,119,120)/t65-,69?,73+,74+,80-,81-,82-/m1/s1. The summed E-state index contributed by atoms with van der Waals surface area (Å²) in [7, 11) is -12.6. The molecule has 3 aliphatic rings. The number of hydrogen-bond acceptors (Lipinski definition) is 29. The number of ketones is 1. The smallest absolute Gasteiger partial charge is 0.335 e. The van der Waals surface area contributed by atoms with Crippen LogP contribution in [-0.4, -0.2) is 282 Å². The molecular weight excluding hydrogens is 1940 g/mol. The monoisotopic (exact) mass is 2050 g/mol. The van der Waals surface area contributed by atoms with Crippen molar-refractivity contribution in [3.05, 3.63) is 255 Å². The second-order valence-electron chi connectivity index (χ2n) is 35.2. The van der Waals surface area contributed by atoms with Crippen LogP contribution in [0.15, 0.2) is 236 Å². The first kappa shape index (κ1) is 103. The van der Waals surface area contributed by atoms with Gasteiger partial charge in [-0.05, 0) is 174 Å². The molecule has 40 nitrogen and oxygen atoms in total. The zero-order valence-corrected chi connectivity index (χ0v) is 82.5. The summed E-state index contributed by atoms with van der Waals surface area (Å²) in [5.41, 5.74) is 4.46. The summed E-state index contributed by atoms with van der Waals surface area (Å²) in [6.45, 7) is 11.4. The Bertz CT molecular complexity index is 6820. The van der Waals surface area contributed by atoms with Gasteiger partial charge in [0.05, 0.1) is 161 Å². The number of fused-ring (bicyclic) bond motifs is 3. The van der Waals surface area contributed by atoms with E-state index in [1.54, 1.807) is 174 Å². The molecule has 11 heterocycles. The average Bonchev–Trinajstić information content (AvgIpc) is 1.71. The predicted octanol–water partition coefficient (Wildman–Crippen LogP) is 6.90. The maximum absolute atomic E-state index is 14.4. The highest BCUT2D eigenvalue weighted by Crippen LogP contribution is 2.46. The number of carbonyl (C=O) groups excluding carboxylic acids is 3. The summed E-state index contributed by atoms with van der Waals surface area (Å²) < 4.78 is 129. The van der Waals surface area contributed by atoms with Crippen LogP contribution in [0, 0.1) is 5.92 Å². The van der Waals surface area contributed by atoms with Crippen LogP contribution in [-0.2, 0) is 126 Å². The number of benzene rings is 4. The number of nitrogens with one attached hydrogen (secondary N) is 2. The molecule has 2 amide bonds. The number of imidazole rings is 3. The molecule has 0 spiro atoms. The fourth-order valence-electron chi connectivity index (χ4n) is 17.4. The van der Waals surface area contributed by atoms with Gasteiger partial charge < -0.3 is 54.4 Å². The van der Waals surface area contributed by atoms with Crippen molar-refractivity contribution in [2.75, 3.05) is 90.3 Å². The molecule has 7 atom stereocenters. The Hall–Kier alpha value is -12.0. The van der Waals surface area contributed by atoms with Crippen molar-refractivity contribution in [2.45, 2.75) is 152 Å². The highest BCUT2D eigenvalue weighted by Gasteiger charge is 2.55. The van der Waals surface area contributed by atoms with Crippen molar-refractivity contribution < 1.29 is 97.8 Å². The van der Waals surface area contributed by atoms with E-state index >= 15 is 0 Å². The number of nitrogens with zero attached hydrogens (tertiary/aromatic N) is 14. The summed E-state index contributed by atoms with van der Waals surface area (Å²) in [6, 6.07) is 35.9. The van der Waals surface area contributed by atoms with Gasteiger partial charge in [-0.2, -0.15) is 12.9 Å². The number of rotatable bonds is 48. The van der Waals surface area contributed by atoms with Crippen LogP contribution in [0.4, 0.5) is 0 Å². The average molecular weight is 2050 g/mol. The van der Waals surface area contributed by atoms with E-state index < -0.39 is 140 Å². The normalized spacial score (nSPS) is 17.6. The van der Waals surface area contributed by atoms with E-state index in [9.17, 15) is 83.7 Å². The lowest BCUT2D eigenvalue weighted by molar-refractivity contribution is -0.144. The lowest BCUT2D eigenvalue weighted by Gasteiger charge is -2.30. The summed E-state index contributed by atoms with van der Waals surface area (Å²) in [6.07, 6.45) is 9.41. The molecule has 3 aliphatic heterocycles. The number of carbonyl (C=O) groups is 6. The minimum Gasteiger partial charge on any atom is -0.481 e. The molecule has 3 fully saturated rings. The number of sulfonamides is 3. The molecule has 0 radical (unpaired) electrons. The Balaban J connectivity index is 0.559. The third-order valence-corrected chi connectivity index (χ3v) is 34.6. The maximum Gasteiger partial charge on any atom is 0.335 e. The van der Waals surface area contributed by atoms with Crippen LogP contribution in [0.25, 0.3) is 50.4 Å². The van der Waals surface area contributed by atoms with Crippen molar-refractivity contribution >= 4 is 134 Å². The molecule has 0 saturated carbocycles. The van der Waals surface area contributed by atoms with Crippen molar-refractivity contribution in [2.24, 2.45) is 5.92 Å². The number of hydrogen-bond donors (Lipinski definition) is 5. The quantitative estimate of drug-likeness (QED) is 0.0242. The van der Waals surface area contributed by atoms with E-state index in [0.717, 1.165) is 12.9 Å². The number of Topliss-reactive ketones (excluding diaryl/α,β-unsaturated/α-hetero) is 1. The summed E-state index contributed by atoms with van der Waals surface area (Å²) in [4.78, 5) is 144. The molecule has 0 bridgehead atoms. The van der Waals surface area contributed by atoms with Crippen LogP contribution in [0.3, 0.4) is 0 Å². The number of carboxylic acids is 3. The highest BCUT2D eigenvalue weighted by atomic mass is 32.2. The zero-order chi connectivity index (χ0) is 100. The molecule has 0 aliphatic carbocycles. The van der Waals surface area contributed by atoms with Gasteiger partial charge in [0, 0.05) is 83.1 Å². The number of aliphatic carboxylic acids is 3. The lowest BCUT2D eigenvalue weighted by atomic mass is 9.88. The van der Waals surface area contributed by atoms with Crippen LogP contribution < -0.4 is 27.7 Å². The van der Waals surface area contributed by atoms with E-state index in [1.807, 2.05) is 6.07 Å². The van der Waals surface area contributed by atoms with Gasteiger partial charge in [-0.25, -0.2) is 68.3 Å². The van der Waals surface area contributed by atoms with Crippen molar-refractivity contribution in [3.63, 3.8) is 0 Å². The SMILES string of the molecule is CC1(C)SCN(S(=O)(=O)c2cccnc2)[C@@H]1C(=O)C[C@@H](Cc1ccc(-n2c(=O)n(CCOCCOCC(COCCOCCn3c(=O)n(-c4ccc(C[C@H](NC(=O)[C@H]5N(S(=O)(=O)c6cccnc6)CSC5(C)C)C(=O)O)cc4)c4ncccc43)OCCOCCn3c(=O)n(-c4ccc(C[C@H](NC(=O)[C@H]5N(S(=O)(=O)c6cccnc6)CSC5(C)C)C(=O)O)cc4)c4ncccc43)c3ccccc32)cc1)C(=O)O. The van der Waals surface area contributed by atoms with Gasteiger partial charge in [-0.15, -0.1) is 35.3 Å². The number of amides is 2. The molecule has 746 valence electrons. The van der Waals surface area contributed by atoms with Gasteiger partial charge in [-0.3, -0.25) is 52.4 Å². The fourth-order valence-corrected chi connectivity index (χ4v) is 26.8. The number of ether oxygens (including phenoxy) is 6. The molecule has 4 aromatic carbocycles. The minimum absolute atomic E-state index is 0.00681. The number of para-hydroxylation sites is 2. The summed E-state index contributed by atoms with van der Waals surface area (Å²) >= 11 is 3.77. The van der Waals surface area contributed by atoms with Crippen molar-refractivity contribution in [3.8, 4) is 17.1 Å². The Morgan fingerprint density at radius 1 is 0.397 bits per heavy atom. The Labute approximate surface area is 823 Å². The van der Waals surface area contributed by atoms with Crippen molar-refractivity contribution in [1.82, 2.24) is 75.9 Å². The van der Waals surface area contributed by atoms with Gasteiger partial charge in [-0.1, -0.05) is 48.5 Å². The van der Waals surface area contributed by atoms with Crippen LogP contribution in [0.2, 0.25) is 0 Å². The third kappa shape index (κ3) is 23.2. The van der Waals surface area contributed by atoms with Gasteiger partial charge in [0.15, 0.2) is 17.1 Å². The summed E-state index contributed by atoms with van der Waals surface area (Å²) in [5.74, 6) is -7.34. The van der Waals surface area contributed by atoms with Gasteiger partial charge in [0.2, 0.25) is 41.9 Å². The fraction of sp³-hybridized carbons (Fsp3) is 0.389. The van der Waals surface area contributed by atoms with Crippen LogP contribution in [0.5, 0.6) is 0 Å². The molecule has 15 rings (SSSR count). The van der Waals surface area contributed by atoms with E-state index in [-0.39, 0.29) is 150 Å². The molecule has 46 heteroatoms. The van der Waals surface area contributed by atoms with E-state index in [2.05, 4.69) is 35.6 Å². The first-order valence-electron chi connectivity index (χ1n) is 45.1. The van der Waals surface area contributed by atoms with Gasteiger partial charge in [0.25, 0.3) is 0 Å². The Morgan fingerprint density at radius 2 is 0.738 bits per heavy atom. The number of aromatic nitrogens is 11. The molecule has 3 saturated heterocycles. The number of pyridine rings is 5. The molecule has 12 aromatic rings. The largest absolute Gasteiger partial charge is 0.481 e. The Kier molecular flexibility index (Phi) is 32.7. The van der Waals surface area contributed by atoms with Crippen molar-refractivity contribution in [1.29, 1.82) is 0 Å². The third-order valence-electron chi connectivity index (χ3n) is 24.6. The number of thioether (sulfide) groups is 3. The van der Waals surface area contributed by atoms with E-state index in [0.29, 0.717) is 67.1 Å². The minimum atomic E-state index is -4.20. The zero-order valence-electron chi connectivity index (χ0n) is 77.6. The topological polar surface area (TPSA) is 500 Å². The second-order valence-corrected chi connectivity index (χ2v) is 45.6. The molecule has 1 unspecified atom stereocenters. The molecule has 5 N–H and O–H groups in total.